The third-order valence-electron chi connectivity index (χ3n) is 3.97. The number of amides is 1. The van der Waals surface area contributed by atoms with Crippen LogP contribution in [-0.4, -0.2) is 26.7 Å². The van der Waals surface area contributed by atoms with Crippen molar-refractivity contribution >= 4 is 12.0 Å². The van der Waals surface area contributed by atoms with Crippen LogP contribution in [-0.2, 0) is 11.2 Å². The van der Waals surface area contributed by atoms with Gasteiger partial charge in [-0.05, 0) is 49.6 Å². The van der Waals surface area contributed by atoms with Crippen LogP contribution in [0, 0.1) is 6.92 Å². The molecule has 0 radical (unpaired) electrons. The highest BCUT2D eigenvalue weighted by atomic mass is 16.5. The minimum Gasteiger partial charge on any atom is -0.493 e. The maximum absolute atomic E-state index is 12.2. The molecule has 25 heavy (non-hydrogen) atoms. The van der Waals surface area contributed by atoms with Crippen LogP contribution < -0.4 is 14.8 Å². The maximum Gasteiger partial charge on any atom is 0.246 e. The van der Waals surface area contributed by atoms with E-state index in [1.807, 2.05) is 62.4 Å². The Bertz CT molecular complexity index is 748. The SMILES string of the molecule is COc1ccc(CCNC(=O)C(C)=Cc2ccc(C)cc2)cc1OC. The standard InChI is InChI=1S/C21H25NO3/c1-15-5-7-17(8-6-15)13-16(2)21(23)22-12-11-18-9-10-19(24-3)20(14-18)25-4/h5-10,13-14H,11-12H2,1-4H3,(H,22,23). The van der Waals surface area contributed by atoms with E-state index in [0.717, 1.165) is 17.5 Å². The Labute approximate surface area is 149 Å². The summed E-state index contributed by atoms with van der Waals surface area (Å²) in [4.78, 5) is 12.2. The molecule has 0 fully saturated rings. The van der Waals surface area contributed by atoms with Gasteiger partial charge in [0.15, 0.2) is 11.5 Å². The first-order valence-electron chi connectivity index (χ1n) is 8.27. The minimum absolute atomic E-state index is 0.0546. The Hall–Kier alpha value is -2.75. The highest BCUT2D eigenvalue weighted by molar-refractivity contribution is 5.97. The van der Waals surface area contributed by atoms with Gasteiger partial charge in [0.2, 0.25) is 5.91 Å². The van der Waals surface area contributed by atoms with Crippen LogP contribution in [0.4, 0.5) is 0 Å². The molecule has 0 bridgehead atoms. The highest BCUT2D eigenvalue weighted by Crippen LogP contribution is 2.27. The van der Waals surface area contributed by atoms with E-state index in [1.165, 1.54) is 5.56 Å². The van der Waals surface area contributed by atoms with E-state index < -0.39 is 0 Å². The summed E-state index contributed by atoms with van der Waals surface area (Å²) in [7, 11) is 3.23. The van der Waals surface area contributed by atoms with Crippen LogP contribution in [0.1, 0.15) is 23.6 Å². The Morgan fingerprint density at radius 1 is 1.04 bits per heavy atom. The van der Waals surface area contributed by atoms with Crippen molar-refractivity contribution in [3.05, 3.63) is 64.7 Å². The van der Waals surface area contributed by atoms with Gasteiger partial charge >= 0.3 is 0 Å². The summed E-state index contributed by atoms with van der Waals surface area (Å²) in [6.07, 6.45) is 2.62. The van der Waals surface area contributed by atoms with Gasteiger partial charge in [-0.1, -0.05) is 35.9 Å². The van der Waals surface area contributed by atoms with Crippen molar-refractivity contribution in [2.75, 3.05) is 20.8 Å². The molecular weight excluding hydrogens is 314 g/mol. The van der Waals surface area contributed by atoms with E-state index >= 15 is 0 Å². The fourth-order valence-electron chi connectivity index (χ4n) is 2.47. The maximum atomic E-state index is 12.2. The molecule has 0 saturated carbocycles. The molecule has 0 aliphatic rings. The Morgan fingerprint density at radius 2 is 1.72 bits per heavy atom. The zero-order chi connectivity index (χ0) is 18.2. The van der Waals surface area contributed by atoms with Gasteiger partial charge in [-0.2, -0.15) is 0 Å². The van der Waals surface area contributed by atoms with E-state index in [0.29, 0.717) is 23.6 Å². The second-order valence-electron chi connectivity index (χ2n) is 5.93. The molecule has 0 aliphatic carbocycles. The summed E-state index contributed by atoms with van der Waals surface area (Å²) in [6.45, 7) is 4.43. The second kappa shape index (κ2) is 8.92. The Balaban J connectivity index is 1.90. The van der Waals surface area contributed by atoms with Gasteiger partial charge in [-0.3, -0.25) is 4.79 Å². The van der Waals surface area contributed by atoms with Crippen molar-refractivity contribution in [2.24, 2.45) is 0 Å². The number of carbonyl (C=O) groups excluding carboxylic acids is 1. The van der Waals surface area contributed by atoms with Gasteiger partial charge in [0, 0.05) is 12.1 Å². The third-order valence-corrected chi connectivity index (χ3v) is 3.97. The first-order valence-corrected chi connectivity index (χ1v) is 8.27. The molecule has 0 aliphatic heterocycles. The van der Waals surface area contributed by atoms with E-state index in [4.69, 9.17) is 9.47 Å². The number of nitrogens with one attached hydrogen (secondary N) is 1. The van der Waals surface area contributed by atoms with Gasteiger partial charge < -0.3 is 14.8 Å². The number of rotatable bonds is 7. The number of hydrogen-bond donors (Lipinski definition) is 1. The van der Waals surface area contributed by atoms with E-state index in [2.05, 4.69) is 5.32 Å². The molecule has 132 valence electrons. The molecule has 1 N–H and O–H groups in total. The monoisotopic (exact) mass is 339 g/mol. The minimum atomic E-state index is -0.0546. The van der Waals surface area contributed by atoms with E-state index in [-0.39, 0.29) is 5.91 Å². The normalized spacial score (nSPS) is 11.1. The van der Waals surface area contributed by atoms with Crippen LogP contribution >= 0.6 is 0 Å². The fraction of sp³-hybridized carbons (Fsp3) is 0.286. The third kappa shape index (κ3) is 5.38. The first kappa shape index (κ1) is 18.6. The lowest BCUT2D eigenvalue weighted by Crippen LogP contribution is -2.26. The van der Waals surface area contributed by atoms with E-state index in [1.54, 1.807) is 14.2 Å². The summed E-state index contributed by atoms with van der Waals surface area (Å²) in [5.41, 5.74) is 4.00. The molecule has 0 unspecified atom stereocenters. The second-order valence-corrected chi connectivity index (χ2v) is 5.93. The molecule has 0 saturated heterocycles. The topological polar surface area (TPSA) is 47.6 Å². The Kier molecular flexibility index (Phi) is 6.63. The smallest absolute Gasteiger partial charge is 0.246 e. The lowest BCUT2D eigenvalue weighted by atomic mass is 10.1. The van der Waals surface area contributed by atoms with Crippen molar-refractivity contribution in [2.45, 2.75) is 20.3 Å². The van der Waals surface area contributed by atoms with Crippen molar-refractivity contribution in [1.29, 1.82) is 0 Å². The lowest BCUT2D eigenvalue weighted by molar-refractivity contribution is -0.117. The molecule has 0 spiro atoms. The fourth-order valence-corrected chi connectivity index (χ4v) is 2.47. The zero-order valence-electron chi connectivity index (χ0n) is 15.3. The van der Waals surface area contributed by atoms with Gasteiger partial charge in [-0.25, -0.2) is 0 Å². The molecule has 0 atom stereocenters. The molecule has 2 aromatic rings. The van der Waals surface area contributed by atoms with Crippen LogP contribution in [0.2, 0.25) is 0 Å². The number of hydrogen-bond acceptors (Lipinski definition) is 3. The molecule has 1 amide bonds. The number of carbonyl (C=O) groups is 1. The predicted octanol–water partition coefficient (Wildman–Crippen LogP) is 3.77. The highest BCUT2D eigenvalue weighted by Gasteiger charge is 2.06. The van der Waals surface area contributed by atoms with Crippen molar-refractivity contribution in [1.82, 2.24) is 5.32 Å². The molecule has 4 nitrogen and oxygen atoms in total. The van der Waals surface area contributed by atoms with Crippen LogP contribution in [0.5, 0.6) is 11.5 Å². The summed E-state index contributed by atoms with van der Waals surface area (Å²) >= 11 is 0. The molecule has 0 heterocycles. The molecule has 0 aromatic heterocycles. The molecule has 4 heteroatoms. The van der Waals surface area contributed by atoms with Gasteiger partial charge in [0.05, 0.1) is 14.2 Å². The van der Waals surface area contributed by atoms with Gasteiger partial charge in [0.25, 0.3) is 0 Å². The van der Waals surface area contributed by atoms with Gasteiger partial charge in [0.1, 0.15) is 0 Å². The molecular formula is C21H25NO3. The predicted molar refractivity (Wildman–Crippen MR) is 101 cm³/mol. The molecule has 2 rings (SSSR count). The average molecular weight is 339 g/mol. The number of methoxy groups -OCH3 is 2. The number of benzene rings is 2. The summed E-state index contributed by atoms with van der Waals surface area (Å²) in [5, 5.41) is 2.95. The summed E-state index contributed by atoms with van der Waals surface area (Å²) < 4.78 is 10.5. The van der Waals surface area contributed by atoms with E-state index in [9.17, 15) is 4.79 Å². The first-order chi connectivity index (χ1) is 12.0. The van der Waals surface area contributed by atoms with Crippen LogP contribution in [0.3, 0.4) is 0 Å². The summed E-state index contributed by atoms with van der Waals surface area (Å²) in [5.74, 6) is 1.34. The molecule has 2 aromatic carbocycles. The Morgan fingerprint density at radius 3 is 2.36 bits per heavy atom. The lowest BCUT2D eigenvalue weighted by Gasteiger charge is -2.10. The number of aryl methyl sites for hydroxylation is 1. The van der Waals surface area contributed by atoms with Crippen molar-refractivity contribution in [3.8, 4) is 11.5 Å². The van der Waals surface area contributed by atoms with Gasteiger partial charge in [-0.15, -0.1) is 0 Å². The average Bonchev–Trinajstić information content (AvgIpc) is 2.63. The number of ether oxygens (including phenoxy) is 2. The van der Waals surface area contributed by atoms with Crippen molar-refractivity contribution < 1.29 is 14.3 Å². The van der Waals surface area contributed by atoms with Crippen molar-refractivity contribution in [3.63, 3.8) is 0 Å². The quantitative estimate of drug-likeness (QED) is 0.781. The van der Waals surface area contributed by atoms with Crippen LogP contribution in [0.15, 0.2) is 48.0 Å². The van der Waals surface area contributed by atoms with Crippen LogP contribution in [0.25, 0.3) is 6.08 Å². The zero-order valence-corrected chi connectivity index (χ0v) is 15.3. The largest absolute Gasteiger partial charge is 0.493 e. The summed E-state index contributed by atoms with van der Waals surface area (Å²) in [6, 6.07) is 13.9.